The van der Waals surface area contributed by atoms with Gasteiger partial charge in [0.05, 0.1) is 24.4 Å². The van der Waals surface area contributed by atoms with Crippen LogP contribution >= 0.6 is 11.6 Å². The van der Waals surface area contributed by atoms with Crippen LogP contribution in [0.1, 0.15) is 41.5 Å². The first-order valence-corrected chi connectivity index (χ1v) is 6.77. The molecule has 1 aromatic carbocycles. The Bertz CT molecular complexity index is 670. The summed E-state index contributed by atoms with van der Waals surface area (Å²) >= 11 is 5.66. The van der Waals surface area contributed by atoms with Gasteiger partial charge in [-0.05, 0) is 23.6 Å². The van der Waals surface area contributed by atoms with E-state index in [-0.39, 0.29) is 16.6 Å². The molecule has 0 spiro atoms. The van der Waals surface area contributed by atoms with E-state index in [1.165, 1.54) is 19.2 Å². The molecule has 0 amide bonds. The number of benzene rings is 1. The lowest BCUT2D eigenvalue weighted by molar-refractivity contribution is 0.0592. The molecular weight excluding hydrogens is 297 g/mol. The number of nitrogens with zero attached hydrogens (tertiary/aromatic N) is 3. The van der Waals surface area contributed by atoms with Crippen molar-refractivity contribution < 1.29 is 13.9 Å². The zero-order chi connectivity index (χ0) is 15.6. The molecule has 0 atom stereocenters. The summed E-state index contributed by atoms with van der Waals surface area (Å²) in [7, 11) is 1.29. The molecule has 0 aliphatic heterocycles. The highest BCUT2D eigenvalue weighted by Crippen LogP contribution is 2.21. The number of rotatable bonds is 4. The Morgan fingerprint density at radius 1 is 1.48 bits per heavy atom. The molecule has 0 unspecified atom stereocenters. The standard InChI is InChI=1S/C14H15ClFN3O2/c1-8(2)13-12(14(20)21-3)17-18-19(13)7-9-4-5-10(15)11(16)6-9/h4-6,8H,7H2,1-3H3. The fourth-order valence-corrected chi connectivity index (χ4v) is 2.18. The van der Waals surface area contributed by atoms with Gasteiger partial charge in [0, 0.05) is 0 Å². The molecule has 5 nitrogen and oxygen atoms in total. The largest absolute Gasteiger partial charge is 0.464 e. The first-order chi connectivity index (χ1) is 9.93. The molecule has 112 valence electrons. The molecule has 1 heterocycles. The van der Waals surface area contributed by atoms with Gasteiger partial charge in [0.2, 0.25) is 0 Å². The van der Waals surface area contributed by atoms with Gasteiger partial charge in [0.1, 0.15) is 5.82 Å². The van der Waals surface area contributed by atoms with Crippen LogP contribution in [0.15, 0.2) is 18.2 Å². The number of methoxy groups -OCH3 is 1. The second kappa shape index (κ2) is 6.22. The number of esters is 1. The number of halogens is 2. The van der Waals surface area contributed by atoms with Crippen LogP contribution in [0.25, 0.3) is 0 Å². The van der Waals surface area contributed by atoms with Crippen LogP contribution in [-0.4, -0.2) is 28.1 Å². The van der Waals surface area contributed by atoms with E-state index in [0.717, 1.165) is 0 Å². The highest BCUT2D eigenvalue weighted by molar-refractivity contribution is 6.30. The Kier molecular flexibility index (Phi) is 4.57. The fraction of sp³-hybridized carbons (Fsp3) is 0.357. The zero-order valence-electron chi connectivity index (χ0n) is 11.9. The van der Waals surface area contributed by atoms with Crippen LogP contribution in [-0.2, 0) is 11.3 Å². The maximum Gasteiger partial charge on any atom is 0.360 e. The summed E-state index contributed by atoms with van der Waals surface area (Å²) in [5.74, 6) is -1.01. The average Bonchev–Trinajstić information content (AvgIpc) is 2.86. The normalized spacial score (nSPS) is 11.0. The summed E-state index contributed by atoms with van der Waals surface area (Å²) in [5.41, 5.74) is 1.51. The first-order valence-electron chi connectivity index (χ1n) is 6.39. The molecule has 21 heavy (non-hydrogen) atoms. The van der Waals surface area contributed by atoms with Gasteiger partial charge in [-0.15, -0.1) is 5.10 Å². The summed E-state index contributed by atoms with van der Waals surface area (Å²) in [4.78, 5) is 11.7. The Morgan fingerprint density at radius 3 is 2.76 bits per heavy atom. The lowest BCUT2D eigenvalue weighted by atomic mass is 10.1. The van der Waals surface area contributed by atoms with Crippen molar-refractivity contribution in [1.82, 2.24) is 15.0 Å². The predicted molar refractivity (Wildman–Crippen MR) is 76.0 cm³/mol. The second-order valence-electron chi connectivity index (χ2n) is 4.88. The molecule has 2 rings (SSSR count). The molecule has 0 saturated heterocycles. The van der Waals surface area contributed by atoms with Crippen LogP contribution in [0.3, 0.4) is 0 Å². The molecule has 0 N–H and O–H groups in total. The second-order valence-corrected chi connectivity index (χ2v) is 5.28. The van der Waals surface area contributed by atoms with Crippen molar-refractivity contribution in [2.45, 2.75) is 26.3 Å². The lowest BCUT2D eigenvalue weighted by Gasteiger charge is -2.10. The summed E-state index contributed by atoms with van der Waals surface area (Å²) in [6.45, 7) is 4.14. The molecular formula is C14H15ClFN3O2. The lowest BCUT2D eigenvalue weighted by Crippen LogP contribution is -2.12. The molecule has 2 aromatic rings. The molecule has 1 aromatic heterocycles. The van der Waals surface area contributed by atoms with Gasteiger partial charge in [-0.3, -0.25) is 0 Å². The van der Waals surface area contributed by atoms with E-state index in [9.17, 15) is 9.18 Å². The van der Waals surface area contributed by atoms with E-state index < -0.39 is 11.8 Å². The zero-order valence-corrected chi connectivity index (χ0v) is 12.7. The minimum absolute atomic E-state index is 0.0197. The van der Waals surface area contributed by atoms with E-state index in [1.807, 2.05) is 13.8 Å². The SMILES string of the molecule is COC(=O)c1nnn(Cc2ccc(Cl)c(F)c2)c1C(C)C. The molecule has 0 bridgehead atoms. The van der Waals surface area contributed by atoms with Crippen molar-refractivity contribution in [1.29, 1.82) is 0 Å². The average molecular weight is 312 g/mol. The highest BCUT2D eigenvalue weighted by Gasteiger charge is 2.22. The number of carbonyl (C=O) groups excluding carboxylic acids is 1. The quantitative estimate of drug-likeness (QED) is 0.814. The van der Waals surface area contributed by atoms with Crippen molar-refractivity contribution in [2.75, 3.05) is 7.11 Å². The maximum absolute atomic E-state index is 13.5. The van der Waals surface area contributed by atoms with Crippen LogP contribution in [0.2, 0.25) is 5.02 Å². The predicted octanol–water partition coefficient (Wildman–Crippen LogP) is 3.03. The number of ether oxygens (including phenoxy) is 1. The number of aromatic nitrogens is 3. The number of hydrogen-bond donors (Lipinski definition) is 0. The highest BCUT2D eigenvalue weighted by atomic mass is 35.5. The van der Waals surface area contributed by atoms with Gasteiger partial charge >= 0.3 is 5.97 Å². The van der Waals surface area contributed by atoms with E-state index in [4.69, 9.17) is 16.3 Å². The van der Waals surface area contributed by atoms with Crippen molar-refractivity contribution in [3.63, 3.8) is 0 Å². The number of carbonyl (C=O) groups is 1. The summed E-state index contributed by atoms with van der Waals surface area (Å²) in [5, 5.41) is 7.89. The monoisotopic (exact) mass is 311 g/mol. The summed E-state index contributed by atoms with van der Waals surface area (Å²) in [6.07, 6.45) is 0. The van der Waals surface area contributed by atoms with Crippen molar-refractivity contribution in [3.05, 3.63) is 46.0 Å². The minimum atomic E-state index is -0.535. The Hall–Kier alpha value is -1.95. The van der Waals surface area contributed by atoms with E-state index in [1.54, 1.807) is 10.7 Å². The molecule has 0 saturated carbocycles. The van der Waals surface area contributed by atoms with Crippen molar-refractivity contribution >= 4 is 17.6 Å². The van der Waals surface area contributed by atoms with Gasteiger partial charge in [0.15, 0.2) is 5.69 Å². The van der Waals surface area contributed by atoms with E-state index in [0.29, 0.717) is 17.8 Å². The van der Waals surface area contributed by atoms with Crippen LogP contribution in [0.4, 0.5) is 4.39 Å². The molecule has 7 heteroatoms. The van der Waals surface area contributed by atoms with Gasteiger partial charge in [-0.2, -0.15) is 0 Å². The number of hydrogen-bond acceptors (Lipinski definition) is 4. The summed E-state index contributed by atoms with van der Waals surface area (Å²) < 4.78 is 19.7. The molecule has 0 radical (unpaired) electrons. The first kappa shape index (κ1) is 15.4. The van der Waals surface area contributed by atoms with Crippen LogP contribution in [0, 0.1) is 5.82 Å². The van der Waals surface area contributed by atoms with Gasteiger partial charge in [0.25, 0.3) is 0 Å². The third-order valence-electron chi connectivity index (χ3n) is 3.02. The molecule has 0 aliphatic carbocycles. The fourth-order valence-electron chi connectivity index (χ4n) is 2.06. The van der Waals surface area contributed by atoms with Crippen LogP contribution in [0.5, 0.6) is 0 Å². The van der Waals surface area contributed by atoms with E-state index in [2.05, 4.69) is 10.3 Å². The Labute approximate surface area is 126 Å². The van der Waals surface area contributed by atoms with Gasteiger partial charge in [-0.1, -0.05) is 36.7 Å². The van der Waals surface area contributed by atoms with Gasteiger partial charge < -0.3 is 4.74 Å². The maximum atomic E-state index is 13.5. The minimum Gasteiger partial charge on any atom is -0.464 e. The van der Waals surface area contributed by atoms with E-state index >= 15 is 0 Å². The summed E-state index contributed by atoms with van der Waals surface area (Å²) in [6, 6.07) is 4.53. The molecule has 0 aliphatic rings. The topological polar surface area (TPSA) is 57.0 Å². The third kappa shape index (κ3) is 3.21. The van der Waals surface area contributed by atoms with Crippen LogP contribution < -0.4 is 0 Å². The van der Waals surface area contributed by atoms with Crippen molar-refractivity contribution in [2.24, 2.45) is 0 Å². The molecule has 0 fully saturated rings. The Morgan fingerprint density at radius 2 is 2.19 bits per heavy atom. The van der Waals surface area contributed by atoms with Gasteiger partial charge in [-0.25, -0.2) is 13.9 Å². The smallest absolute Gasteiger partial charge is 0.360 e. The van der Waals surface area contributed by atoms with Crippen molar-refractivity contribution in [3.8, 4) is 0 Å². The third-order valence-corrected chi connectivity index (χ3v) is 3.32. The Balaban J connectivity index is 2.37.